The minimum absolute atomic E-state index is 0. The van der Waals surface area contributed by atoms with Gasteiger partial charge in [0.05, 0.1) is 17.1 Å². The SMILES string of the molecule is Cl.O=C(O)C[C@H](Cc1csc(CCCc2ccc3c(n2)NCCC3)n1)c1ccc2c(c1)OCO2. The van der Waals surface area contributed by atoms with Gasteiger partial charge in [-0.15, -0.1) is 23.7 Å². The Morgan fingerprint density at radius 1 is 1.12 bits per heavy atom. The standard InChI is InChI=1S/C25H27N3O4S.ClH/c29-24(30)13-18(17-7-9-21-22(12-17)32-15-31-21)11-20-14-33-23(27-20)5-1-4-19-8-6-16-3-2-10-26-25(16)28-19;/h6-9,12,14,18H,1-5,10-11,13,15H2,(H,26,28)(H,29,30);1H/t18-;/m0./s1. The van der Waals surface area contributed by atoms with E-state index in [4.69, 9.17) is 19.4 Å². The Kier molecular flexibility index (Phi) is 7.90. The van der Waals surface area contributed by atoms with E-state index in [-0.39, 0.29) is 31.5 Å². The van der Waals surface area contributed by atoms with E-state index in [0.717, 1.165) is 60.0 Å². The molecule has 34 heavy (non-hydrogen) atoms. The number of carboxylic acids is 1. The van der Waals surface area contributed by atoms with E-state index in [1.807, 2.05) is 18.2 Å². The zero-order chi connectivity index (χ0) is 22.6. The van der Waals surface area contributed by atoms with E-state index in [9.17, 15) is 9.90 Å². The predicted molar refractivity (Wildman–Crippen MR) is 134 cm³/mol. The van der Waals surface area contributed by atoms with Crippen LogP contribution in [0.5, 0.6) is 11.5 Å². The van der Waals surface area contributed by atoms with Crippen LogP contribution < -0.4 is 14.8 Å². The van der Waals surface area contributed by atoms with Gasteiger partial charge in [0, 0.05) is 23.5 Å². The fourth-order valence-corrected chi connectivity index (χ4v) is 5.28. The smallest absolute Gasteiger partial charge is 0.303 e. The first-order chi connectivity index (χ1) is 16.1. The van der Waals surface area contributed by atoms with Crippen LogP contribution in [0.3, 0.4) is 0 Å². The average Bonchev–Trinajstić information content (AvgIpc) is 3.47. The van der Waals surface area contributed by atoms with Crippen molar-refractivity contribution in [3.8, 4) is 11.5 Å². The Bertz CT molecular complexity index is 1150. The van der Waals surface area contributed by atoms with Gasteiger partial charge in [0.2, 0.25) is 6.79 Å². The van der Waals surface area contributed by atoms with Gasteiger partial charge in [-0.2, -0.15) is 0 Å². The summed E-state index contributed by atoms with van der Waals surface area (Å²) in [5.41, 5.74) is 4.30. The summed E-state index contributed by atoms with van der Waals surface area (Å²) < 4.78 is 10.8. The van der Waals surface area contributed by atoms with Crippen molar-refractivity contribution >= 4 is 35.5 Å². The van der Waals surface area contributed by atoms with E-state index in [1.54, 1.807) is 11.3 Å². The van der Waals surface area contributed by atoms with E-state index < -0.39 is 5.97 Å². The summed E-state index contributed by atoms with van der Waals surface area (Å²) in [5.74, 6) is 1.43. The van der Waals surface area contributed by atoms with Crippen LogP contribution in [0.2, 0.25) is 0 Å². The van der Waals surface area contributed by atoms with Crippen molar-refractivity contribution < 1.29 is 19.4 Å². The Balaban J connectivity index is 0.00000274. The number of hydrogen-bond acceptors (Lipinski definition) is 7. The number of fused-ring (bicyclic) bond motifs is 2. The second-order valence-electron chi connectivity index (χ2n) is 8.54. The van der Waals surface area contributed by atoms with Crippen molar-refractivity contribution in [2.45, 2.75) is 50.9 Å². The zero-order valence-corrected chi connectivity index (χ0v) is 20.4. The molecular weight excluding hydrogens is 474 g/mol. The maximum atomic E-state index is 11.5. The van der Waals surface area contributed by atoms with Gasteiger partial charge in [0.25, 0.3) is 0 Å². The Morgan fingerprint density at radius 2 is 2.00 bits per heavy atom. The van der Waals surface area contributed by atoms with Crippen molar-refractivity contribution in [3.63, 3.8) is 0 Å². The molecule has 0 saturated carbocycles. The van der Waals surface area contributed by atoms with Crippen molar-refractivity contribution in [3.05, 3.63) is 63.2 Å². The van der Waals surface area contributed by atoms with E-state index in [2.05, 4.69) is 22.8 Å². The summed E-state index contributed by atoms with van der Waals surface area (Å²) in [4.78, 5) is 21.1. The highest BCUT2D eigenvalue weighted by Crippen LogP contribution is 2.36. The number of rotatable bonds is 9. The molecule has 0 fully saturated rings. The number of thiazole rings is 1. The maximum absolute atomic E-state index is 11.5. The number of aryl methyl sites for hydroxylation is 3. The molecule has 2 aliphatic rings. The topological polar surface area (TPSA) is 93.6 Å². The van der Waals surface area contributed by atoms with Crippen molar-refractivity contribution in [1.29, 1.82) is 0 Å². The molecule has 9 heteroatoms. The van der Waals surface area contributed by atoms with Gasteiger partial charge in [-0.05, 0) is 67.9 Å². The molecule has 0 saturated heterocycles. The quantitative estimate of drug-likeness (QED) is 0.425. The largest absolute Gasteiger partial charge is 0.481 e. The normalized spacial score (nSPS) is 14.6. The Hall–Kier alpha value is -2.84. The van der Waals surface area contributed by atoms with Gasteiger partial charge in [0.1, 0.15) is 5.82 Å². The number of carboxylic acid groups (broad SMARTS) is 1. The molecule has 0 radical (unpaired) electrons. The molecule has 0 unspecified atom stereocenters. The maximum Gasteiger partial charge on any atom is 0.303 e. The molecule has 2 aromatic heterocycles. The van der Waals surface area contributed by atoms with Gasteiger partial charge >= 0.3 is 5.97 Å². The van der Waals surface area contributed by atoms with Gasteiger partial charge < -0.3 is 19.9 Å². The lowest BCUT2D eigenvalue weighted by atomic mass is 9.91. The second-order valence-corrected chi connectivity index (χ2v) is 9.48. The summed E-state index contributed by atoms with van der Waals surface area (Å²) in [7, 11) is 0. The van der Waals surface area contributed by atoms with Gasteiger partial charge in [0.15, 0.2) is 11.5 Å². The van der Waals surface area contributed by atoms with Crippen molar-refractivity contribution in [2.75, 3.05) is 18.7 Å². The van der Waals surface area contributed by atoms with Crippen LogP contribution in [0.15, 0.2) is 35.7 Å². The first-order valence-electron chi connectivity index (χ1n) is 11.4. The van der Waals surface area contributed by atoms with Crippen LogP contribution in [-0.2, 0) is 30.5 Å². The number of halogens is 1. The third-order valence-corrected chi connectivity index (χ3v) is 7.08. The molecule has 7 nitrogen and oxygen atoms in total. The Labute approximate surface area is 209 Å². The summed E-state index contributed by atoms with van der Waals surface area (Å²) in [5, 5.41) is 16.0. The van der Waals surface area contributed by atoms with E-state index in [0.29, 0.717) is 17.9 Å². The van der Waals surface area contributed by atoms with Crippen molar-refractivity contribution in [2.24, 2.45) is 0 Å². The molecule has 3 aromatic rings. The third-order valence-electron chi connectivity index (χ3n) is 6.12. The highest BCUT2D eigenvalue weighted by molar-refractivity contribution is 7.09. The minimum Gasteiger partial charge on any atom is -0.481 e. The molecule has 0 amide bonds. The first kappa shape index (κ1) is 24.3. The lowest BCUT2D eigenvalue weighted by Crippen LogP contribution is -2.14. The molecular formula is C25H28ClN3O4S. The van der Waals surface area contributed by atoms with E-state index >= 15 is 0 Å². The zero-order valence-electron chi connectivity index (χ0n) is 18.8. The fraction of sp³-hybridized carbons (Fsp3) is 0.400. The van der Waals surface area contributed by atoms with E-state index in [1.165, 1.54) is 12.0 Å². The molecule has 1 atom stereocenters. The molecule has 0 spiro atoms. The summed E-state index contributed by atoms with van der Waals surface area (Å²) in [6, 6.07) is 10.0. The Morgan fingerprint density at radius 3 is 2.88 bits per heavy atom. The molecule has 1 aromatic carbocycles. The van der Waals surface area contributed by atoms with Crippen molar-refractivity contribution in [1.82, 2.24) is 9.97 Å². The lowest BCUT2D eigenvalue weighted by molar-refractivity contribution is -0.137. The van der Waals surface area contributed by atoms with Gasteiger partial charge in [-0.1, -0.05) is 12.1 Å². The fourth-order valence-electron chi connectivity index (χ4n) is 4.42. The number of anilines is 1. The number of hydrogen-bond donors (Lipinski definition) is 2. The number of benzene rings is 1. The molecule has 0 aliphatic carbocycles. The third kappa shape index (κ3) is 5.80. The number of nitrogens with zero attached hydrogens (tertiary/aromatic N) is 2. The number of nitrogens with one attached hydrogen (secondary N) is 1. The minimum atomic E-state index is -0.819. The van der Waals surface area contributed by atoms with Crippen LogP contribution in [0, 0.1) is 0 Å². The predicted octanol–water partition coefficient (Wildman–Crippen LogP) is 5.02. The molecule has 2 aliphatic heterocycles. The summed E-state index contributed by atoms with van der Waals surface area (Å²) in [6.07, 6.45) is 5.70. The molecule has 4 heterocycles. The lowest BCUT2D eigenvalue weighted by Gasteiger charge is -2.17. The van der Waals surface area contributed by atoms with Crippen LogP contribution >= 0.6 is 23.7 Å². The number of aliphatic carboxylic acids is 1. The number of aromatic nitrogens is 2. The van der Waals surface area contributed by atoms with Gasteiger partial charge in [-0.25, -0.2) is 9.97 Å². The van der Waals surface area contributed by atoms with Crippen LogP contribution in [-0.4, -0.2) is 34.4 Å². The monoisotopic (exact) mass is 501 g/mol. The second kappa shape index (κ2) is 11.1. The first-order valence-corrected chi connectivity index (χ1v) is 12.3. The number of pyridine rings is 1. The molecule has 2 N–H and O–H groups in total. The summed E-state index contributed by atoms with van der Waals surface area (Å²) in [6.45, 7) is 1.20. The van der Waals surface area contributed by atoms with Crippen LogP contribution in [0.1, 0.15) is 52.7 Å². The van der Waals surface area contributed by atoms with Crippen LogP contribution in [0.4, 0.5) is 5.82 Å². The average molecular weight is 502 g/mol. The molecule has 0 bridgehead atoms. The number of carbonyl (C=O) groups is 1. The highest BCUT2D eigenvalue weighted by Gasteiger charge is 2.22. The summed E-state index contributed by atoms with van der Waals surface area (Å²) >= 11 is 1.65. The van der Waals surface area contributed by atoms with Gasteiger partial charge in [-0.3, -0.25) is 4.79 Å². The molecule has 180 valence electrons. The van der Waals surface area contributed by atoms with Crippen LogP contribution in [0.25, 0.3) is 0 Å². The number of ether oxygens (including phenoxy) is 2. The highest BCUT2D eigenvalue weighted by atomic mass is 35.5. The molecule has 5 rings (SSSR count).